The predicted octanol–water partition coefficient (Wildman–Crippen LogP) is 3.04. The fourth-order valence-electron chi connectivity index (χ4n) is 2.17. The highest BCUT2D eigenvalue weighted by atomic mass is 16.5. The second-order valence-electron chi connectivity index (χ2n) is 5.59. The molecule has 0 atom stereocenters. The molecule has 0 saturated heterocycles. The minimum atomic E-state index is 0.487. The monoisotopic (exact) mass is 298 g/mol. The molecule has 1 heterocycles. The first kappa shape index (κ1) is 14.9. The van der Waals surface area contributed by atoms with Crippen LogP contribution in [0.25, 0.3) is 0 Å². The zero-order valence-corrected chi connectivity index (χ0v) is 12.7. The van der Waals surface area contributed by atoms with Crippen molar-refractivity contribution in [2.45, 2.75) is 19.4 Å². The molecule has 2 aromatic rings. The van der Waals surface area contributed by atoms with Gasteiger partial charge in [0.1, 0.15) is 19.0 Å². The number of rotatable bonds is 9. The summed E-state index contributed by atoms with van der Waals surface area (Å²) < 4.78 is 11.1. The van der Waals surface area contributed by atoms with Crippen molar-refractivity contribution in [3.63, 3.8) is 0 Å². The number of nitrogens with one attached hydrogen (secondary N) is 1. The highest BCUT2D eigenvalue weighted by Gasteiger charge is 2.20. The normalized spacial score (nSPS) is 13.8. The molecule has 0 spiro atoms. The van der Waals surface area contributed by atoms with Crippen LogP contribution in [0.3, 0.4) is 0 Å². The number of para-hydroxylation sites is 1. The van der Waals surface area contributed by atoms with Gasteiger partial charge < -0.3 is 14.8 Å². The van der Waals surface area contributed by atoms with Crippen LogP contribution in [0, 0.1) is 5.92 Å². The predicted molar refractivity (Wildman–Crippen MR) is 86.1 cm³/mol. The largest absolute Gasteiger partial charge is 0.490 e. The van der Waals surface area contributed by atoms with Gasteiger partial charge in [-0.15, -0.1) is 0 Å². The third-order valence-electron chi connectivity index (χ3n) is 3.60. The van der Waals surface area contributed by atoms with Gasteiger partial charge in [-0.25, -0.2) is 4.98 Å². The molecule has 1 aliphatic rings. The van der Waals surface area contributed by atoms with Gasteiger partial charge in [0.25, 0.3) is 0 Å². The maximum absolute atomic E-state index is 5.58. The number of pyridine rings is 1. The van der Waals surface area contributed by atoms with Crippen molar-refractivity contribution in [1.82, 2.24) is 10.3 Å². The summed E-state index contributed by atoms with van der Waals surface area (Å²) in [7, 11) is 0. The first-order chi connectivity index (χ1) is 10.9. The number of hydrogen-bond donors (Lipinski definition) is 1. The van der Waals surface area contributed by atoms with Gasteiger partial charge in [-0.2, -0.15) is 0 Å². The SMILES string of the molecule is c1ccc(OCCOc2ccc(CNCC3CC3)cn2)cc1. The molecule has 1 N–H and O–H groups in total. The van der Waals surface area contributed by atoms with E-state index in [-0.39, 0.29) is 0 Å². The quantitative estimate of drug-likeness (QED) is 0.723. The topological polar surface area (TPSA) is 43.4 Å². The van der Waals surface area contributed by atoms with Crippen LogP contribution in [0.15, 0.2) is 48.7 Å². The molecule has 116 valence electrons. The van der Waals surface area contributed by atoms with Crippen LogP contribution < -0.4 is 14.8 Å². The Kier molecular flexibility index (Phi) is 5.27. The van der Waals surface area contributed by atoms with Crippen LogP contribution in [-0.2, 0) is 6.54 Å². The van der Waals surface area contributed by atoms with Crippen molar-refractivity contribution in [3.8, 4) is 11.6 Å². The summed E-state index contributed by atoms with van der Waals surface area (Å²) in [5.74, 6) is 2.40. The first-order valence-corrected chi connectivity index (χ1v) is 7.86. The van der Waals surface area contributed by atoms with E-state index in [0.717, 1.165) is 24.8 Å². The van der Waals surface area contributed by atoms with Crippen LogP contribution in [0.5, 0.6) is 11.6 Å². The van der Waals surface area contributed by atoms with Gasteiger partial charge in [0.2, 0.25) is 5.88 Å². The minimum absolute atomic E-state index is 0.487. The molecule has 3 rings (SSSR count). The van der Waals surface area contributed by atoms with Crippen molar-refractivity contribution in [1.29, 1.82) is 0 Å². The molecular formula is C18H22N2O2. The summed E-state index contributed by atoms with van der Waals surface area (Å²) in [6.07, 6.45) is 4.62. The van der Waals surface area contributed by atoms with E-state index in [0.29, 0.717) is 19.1 Å². The van der Waals surface area contributed by atoms with E-state index < -0.39 is 0 Å². The van der Waals surface area contributed by atoms with Crippen molar-refractivity contribution in [3.05, 3.63) is 54.2 Å². The molecule has 0 unspecified atom stereocenters. The van der Waals surface area contributed by atoms with E-state index in [1.54, 1.807) is 0 Å². The number of nitrogens with zero attached hydrogens (tertiary/aromatic N) is 1. The average Bonchev–Trinajstić information content (AvgIpc) is 3.38. The fraction of sp³-hybridized carbons (Fsp3) is 0.389. The lowest BCUT2D eigenvalue weighted by molar-refractivity contribution is 0.212. The van der Waals surface area contributed by atoms with Gasteiger partial charge in [0, 0.05) is 18.8 Å². The Balaban J connectivity index is 1.33. The Bertz CT molecular complexity index is 553. The molecule has 1 aromatic heterocycles. The molecule has 1 aliphatic carbocycles. The smallest absolute Gasteiger partial charge is 0.213 e. The van der Waals surface area contributed by atoms with E-state index >= 15 is 0 Å². The van der Waals surface area contributed by atoms with Gasteiger partial charge in [-0.1, -0.05) is 24.3 Å². The molecule has 4 heteroatoms. The van der Waals surface area contributed by atoms with E-state index in [9.17, 15) is 0 Å². The number of hydrogen-bond acceptors (Lipinski definition) is 4. The highest BCUT2D eigenvalue weighted by Crippen LogP contribution is 2.27. The van der Waals surface area contributed by atoms with E-state index in [4.69, 9.17) is 9.47 Å². The van der Waals surface area contributed by atoms with Crippen molar-refractivity contribution in [2.24, 2.45) is 5.92 Å². The Hall–Kier alpha value is -2.07. The summed E-state index contributed by atoms with van der Waals surface area (Å²) in [4.78, 5) is 4.32. The van der Waals surface area contributed by atoms with Crippen LogP contribution in [-0.4, -0.2) is 24.7 Å². The van der Waals surface area contributed by atoms with Crippen molar-refractivity contribution < 1.29 is 9.47 Å². The lowest BCUT2D eigenvalue weighted by Gasteiger charge is -2.08. The standard InChI is InChI=1S/C18H22N2O2/c1-2-4-17(5-3-1)21-10-11-22-18-9-8-16(14-20-18)13-19-12-15-6-7-15/h1-5,8-9,14-15,19H,6-7,10-13H2. The average molecular weight is 298 g/mol. The molecule has 4 nitrogen and oxygen atoms in total. The van der Waals surface area contributed by atoms with Crippen molar-refractivity contribution in [2.75, 3.05) is 19.8 Å². The number of ether oxygens (including phenoxy) is 2. The van der Waals surface area contributed by atoms with E-state index in [1.807, 2.05) is 42.6 Å². The summed E-state index contributed by atoms with van der Waals surface area (Å²) in [5, 5.41) is 3.45. The van der Waals surface area contributed by atoms with Crippen LogP contribution in [0.4, 0.5) is 0 Å². The van der Waals surface area contributed by atoms with Crippen LogP contribution >= 0.6 is 0 Å². The molecule has 0 aliphatic heterocycles. The molecule has 1 fully saturated rings. The molecule has 0 amide bonds. The Morgan fingerprint density at radius 3 is 2.55 bits per heavy atom. The lowest BCUT2D eigenvalue weighted by Crippen LogP contribution is -2.16. The third-order valence-corrected chi connectivity index (χ3v) is 3.60. The third kappa shape index (κ3) is 5.04. The Morgan fingerprint density at radius 2 is 1.82 bits per heavy atom. The number of aromatic nitrogens is 1. The van der Waals surface area contributed by atoms with E-state index in [1.165, 1.54) is 18.4 Å². The molecule has 0 radical (unpaired) electrons. The van der Waals surface area contributed by atoms with Crippen LogP contribution in [0.2, 0.25) is 0 Å². The first-order valence-electron chi connectivity index (χ1n) is 7.86. The second kappa shape index (κ2) is 7.80. The molecule has 1 saturated carbocycles. The summed E-state index contributed by atoms with van der Waals surface area (Å²) in [6.45, 7) is 2.99. The maximum atomic E-state index is 5.58. The molecule has 0 bridgehead atoms. The minimum Gasteiger partial charge on any atom is -0.490 e. The maximum Gasteiger partial charge on any atom is 0.213 e. The fourth-order valence-corrected chi connectivity index (χ4v) is 2.17. The lowest BCUT2D eigenvalue weighted by atomic mass is 10.3. The van der Waals surface area contributed by atoms with Crippen molar-refractivity contribution >= 4 is 0 Å². The Morgan fingerprint density at radius 1 is 1.00 bits per heavy atom. The van der Waals surface area contributed by atoms with Gasteiger partial charge >= 0.3 is 0 Å². The zero-order valence-electron chi connectivity index (χ0n) is 12.7. The van der Waals surface area contributed by atoms with E-state index in [2.05, 4.69) is 16.4 Å². The molecular weight excluding hydrogens is 276 g/mol. The van der Waals surface area contributed by atoms with Gasteiger partial charge in [-0.05, 0) is 43.0 Å². The summed E-state index contributed by atoms with van der Waals surface area (Å²) >= 11 is 0. The second-order valence-corrected chi connectivity index (χ2v) is 5.59. The van der Waals surface area contributed by atoms with Gasteiger partial charge in [-0.3, -0.25) is 0 Å². The Labute approximate surface area is 131 Å². The summed E-state index contributed by atoms with van der Waals surface area (Å²) in [5.41, 5.74) is 1.19. The molecule has 22 heavy (non-hydrogen) atoms. The van der Waals surface area contributed by atoms with Gasteiger partial charge in [0.05, 0.1) is 0 Å². The zero-order chi connectivity index (χ0) is 15.0. The van der Waals surface area contributed by atoms with Gasteiger partial charge in [0.15, 0.2) is 0 Å². The molecule has 1 aromatic carbocycles. The number of benzene rings is 1. The highest BCUT2D eigenvalue weighted by molar-refractivity contribution is 5.21. The van der Waals surface area contributed by atoms with Crippen LogP contribution in [0.1, 0.15) is 18.4 Å². The summed E-state index contributed by atoms with van der Waals surface area (Å²) in [6, 6.07) is 13.7.